The zero-order chi connectivity index (χ0) is 16.8. The maximum atomic E-state index is 12.1. The molecular formula is C15H18N3O4P. The van der Waals surface area contributed by atoms with Gasteiger partial charge >= 0.3 is 7.60 Å². The minimum Gasteiger partial charge on any atom is -0.440 e. The highest BCUT2D eigenvalue weighted by molar-refractivity contribution is 7.60. The van der Waals surface area contributed by atoms with Crippen LogP contribution in [0.3, 0.4) is 0 Å². The fourth-order valence-electron chi connectivity index (χ4n) is 2.72. The predicted molar refractivity (Wildman–Crippen MR) is 88.4 cm³/mol. The van der Waals surface area contributed by atoms with E-state index in [9.17, 15) is 14.4 Å². The number of fused-ring (bicyclic) bond motifs is 1. The Bertz CT molecular complexity index is 907. The Morgan fingerprint density at radius 2 is 2.13 bits per heavy atom. The quantitative estimate of drug-likeness (QED) is 0.543. The molecule has 2 heterocycles. The monoisotopic (exact) mass is 335 g/mol. The van der Waals surface area contributed by atoms with Crippen molar-refractivity contribution in [2.24, 2.45) is 5.92 Å². The molecule has 0 fully saturated rings. The van der Waals surface area contributed by atoms with E-state index in [2.05, 4.69) is 9.97 Å². The van der Waals surface area contributed by atoms with E-state index in [-0.39, 0.29) is 22.9 Å². The molecule has 0 aliphatic carbocycles. The first-order chi connectivity index (χ1) is 10.8. The standard InChI is InChI=1S/C15H18N3O4P/c1-8(2)6-10-14(23(19,20)21)13(22-15(10)16)9-4-3-5-11-12(9)18-7-17-11/h3-5,7-8H,6,16H2,1-2H3,(H,17,18)(H2,19,20,21). The molecule has 122 valence electrons. The van der Waals surface area contributed by atoms with Crippen LogP contribution in [0.5, 0.6) is 0 Å². The van der Waals surface area contributed by atoms with Gasteiger partial charge in [-0.15, -0.1) is 0 Å². The molecule has 0 aliphatic heterocycles. The average Bonchev–Trinajstić information content (AvgIpc) is 3.02. The fourth-order valence-corrected chi connectivity index (χ4v) is 3.70. The van der Waals surface area contributed by atoms with Crippen molar-refractivity contribution in [3.8, 4) is 11.3 Å². The summed E-state index contributed by atoms with van der Waals surface area (Å²) in [5.74, 6) is 0.304. The van der Waals surface area contributed by atoms with Gasteiger partial charge in [0.05, 0.1) is 17.4 Å². The van der Waals surface area contributed by atoms with E-state index in [1.807, 2.05) is 19.9 Å². The molecule has 0 amide bonds. The highest BCUT2D eigenvalue weighted by Gasteiger charge is 2.33. The molecule has 5 N–H and O–H groups in total. The molecular weight excluding hydrogens is 317 g/mol. The van der Waals surface area contributed by atoms with Gasteiger partial charge in [-0.25, -0.2) is 4.98 Å². The normalized spacial score (nSPS) is 12.4. The molecule has 8 heteroatoms. The third kappa shape index (κ3) is 2.79. The van der Waals surface area contributed by atoms with Gasteiger partial charge in [0, 0.05) is 11.1 Å². The molecule has 7 nitrogen and oxygen atoms in total. The minimum atomic E-state index is -4.57. The van der Waals surface area contributed by atoms with Gasteiger partial charge in [0.1, 0.15) is 5.30 Å². The van der Waals surface area contributed by atoms with E-state index >= 15 is 0 Å². The second-order valence-electron chi connectivity index (χ2n) is 5.87. The van der Waals surface area contributed by atoms with Crippen molar-refractivity contribution in [1.82, 2.24) is 9.97 Å². The Labute approximate surface area is 132 Å². The molecule has 0 saturated carbocycles. The molecule has 0 bridgehead atoms. The molecule has 1 aromatic carbocycles. The van der Waals surface area contributed by atoms with Crippen LogP contribution in [-0.4, -0.2) is 19.8 Å². The number of furan rings is 1. The highest BCUT2D eigenvalue weighted by atomic mass is 31.2. The lowest BCUT2D eigenvalue weighted by atomic mass is 10.0. The van der Waals surface area contributed by atoms with Gasteiger partial charge in [-0.2, -0.15) is 0 Å². The highest BCUT2D eigenvalue weighted by Crippen LogP contribution is 2.44. The van der Waals surface area contributed by atoms with Crippen molar-refractivity contribution in [3.63, 3.8) is 0 Å². The van der Waals surface area contributed by atoms with Crippen molar-refractivity contribution in [1.29, 1.82) is 0 Å². The van der Waals surface area contributed by atoms with Crippen LogP contribution in [-0.2, 0) is 11.0 Å². The Kier molecular flexibility index (Phi) is 3.80. The van der Waals surface area contributed by atoms with Crippen LogP contribution in [0.4, 0.5) is 5.88 Å². The van der Waals surface area contributed by atoms with Crippen LogP contribution < -0.4 is 11.0 Å². The van der Waals surface area contributed by atoms with Crippen LogP contribution in [0.15, 0.2) is 28.9 Å². The lowest BCUT2D eigenvalue weighted by Crippen LogP contribution is -2.13. The molecule has 0 atom stereocenters. The summed E-state index contributed by atoms with van der Waals surface area (Å²) in [6.07, 6.45) is 1.94. The lowest BCUT2D eigenvalue weighted by Gasteiger charge is -2.09. The van der Waals surface area contributed by atoms with E-state index in [1.165, 1.54) is 6.33 Å². The number of imidazole rings is 1. The number of nitrogens with zero attached hydrogens (tertiary/aromatic N) is 1. The van der Waals surface area contributed by atoms with E-state index in [0.29, 0.717) is 23.1 Å². The first-order valence-corrected chi connectivity index (χ1v) is 8.80. The van der Waals surface area contributed by atoms with Crippen molar-refractivity contribution in [2.75, 3.05) is 5.73 Å². The van der Waals surface area contributed by atoms with Gasteiger partial charge < -0.3 is 24.9 Å². The van der Waals surface area contributed by atoms with E-state index < -0.39 is 7.60 Å². The number of anilines is 1. The number of rotatable bonds is 4. The number of para-hydroxylation sites is 1. The van der Waals surface area contributed by atoms with Crippen LogP contribution in [0, 0.1) is 5.92 Å². The summed E-state index contributed by atoms with van der Waals surface area (Å²) in [6.45, 7) is 3.90. The van der Waals surface area contributed by atoms with Crippen molar-refractivity contribution >= 4 is 29.8 Å². The third-order valence-electron chi connectivity index (χ3n) is 3.61. The number of hydrogen-bond acceptors (Lipinski definition) is 4. The average molecular weight is 335 g/mol. The van der Waals surface area contributed by atoms with Gasteiger partial charge in [-0.3, -0.25) is 4.57 Å². The second-order valence-corrected chi connectivity index (χ2v) is 7.40. The zero-order valence-electron chi connectivity index (χ0n) is 12.8. The van der Waals surface area contributed by atoms with Crippen LogP contribution in [0.1, 0.15) is 19.4 Å². The topological polar surface area (TPSA) is 125 Å². The molecule has 23 heavy (non-hydrogen) atoms. The van der Waals surface area contributed by atoms with Crippen molar-refractivity contribution in [3.05, 3.63) is 30.1 Å². The van der Waals surface area contributed by atoms with Gasteiger partial charge in [0.15, 0.2) is 11.6 Å². The van der Waals surface area contributed by atoms with Crippen molar-refractivity contribution in [2.45, 2.75) is 20.3 Å². The Morgan fingerprint density at radius 1 is 1.39 bits per heavy atom. The summed E-state index contributed by atoms with van der Waals surface area (Å²) in [4.78, 5) is 26.8. The molecule has 0 radical (unpaired) electrons. The van der Waals surface area contributed by atoms with Gasteiger partial charge in [-0.05, 0) is 24.5 Å². The number of nitrogen functional groups attached to an aromatic ring is 1. The number of aromatic amines is 1. The van der Waals surface area contributed by atoms with E-state index in [4.69, 9.17) is 10.2 Å². The maximum absolute atomic E-state index is 12.1. The summed E-state index contributed by atoms with van der Waals surface area (Å²) >= 11 is 0. The molecule has 3 rings (SSSR count). The van der Waals surface area contributed by atoms with Crippen LogP contribution >= 0.6 is 7.60 Å². The number of nitrogens with one attached hydrogen (secondary N) is 1. The predicted octanol–water partition coefficient (Wildman–Crippen LogP) is 2.41. The molecule has 0 spiro atoms. The Balaban J connectivity index is 2.32. The van der Waals surface area contributed by atoms with Gasteiger partial charge in [0.2, 0.25) is 0 Å². The summed E-state index contributed by atoms with van der Waals surface area (Å²) in [5, 5.41) is -0.140. The number of hydrogen-bond donors (Lipinski definition) is 4. The van der Waals surface area contributed by atoms with Crippen LogP contribution in [0.2, 0.25) is 0 Å². The zero-order valence-corrected chi connectivity index (χ0v) is 13.7. The fraction of sp³-hybridized carbons (Fsp3) is 0.267. The minimum absolute atomic E-state index is 0.0413. The van der Waals surface area contributed by atoms with Crippen LogP contribution in [0.25, 0.3) is 22.4 Å². The van der Waals surface area contributed by atoms with Crippen molar-refractivity contribution < 1.29 is 18.8 Å². The Hall–Kier alpha value is -2.08. The number of aromatic nitrogens is 2. The molecule has 0 saturated heterocycles. The third-order valence-corrected chi connectivity index (χ3v) is 4.66. The van der Waals surface area contributed by atoms with E-state index in [1.54, 1.807) is 12.1 Å². The number of benzene rings is 1. The summed E-state index contributed by atoms with van der Waals surface area (Å²) < 4.78 is 17.6. The first-order valence-electron chi connectivity index (χ1n) is 7.18. The lowest BCUT2D eigenvalue weighted by molar-refractivity contribution is 0.387. The number of nitrogens with two attached hydrogens (primary N) is 1. The molecule has 2 aromatic heterocycles. The second kappa shape index (κ2) is 5.53. The first kappa shape index (κ1) is 15.8. The summed E-state index contributed by atoms with van der Waals surface area (Å²) in [5.41, 5.74) is 8.11. The maximum Gasteiger partial charge on any atom is 0.360 e. The molecule has 0 aliphatic rings. The smallest absolute Gasteiger partial charge is 0.360 e. The Morgan fingerprint density at radius 3 is 2.78 bits per heavy atom. The SMILES string of the molecule is CC(C)Cc1c(N)oc(-c2cccc3[nH]cnc23)c1P(=O)(O)O. The molecule has 0 unspecified atom stereocenters. The number of H-pyrrole nitrogens is 1. The van der Waals surface area contributed by atoms with Gasteiger partial charge in [-0.1, -0.05) is 19.9 Å². The van der Waals surface area contributed by atoms with Gasteiger partial charge in [0.25, 0.3) is 0 Å². The molecule has 3 aromatic rings. The summed E-state index contributed by atoms with van der Waals surface area (Å²) in [7, 11) is -4.57. The largest absolute Gasteiger partial charge is 0.440 e. The summed E-state index contributed by atoms with van der Waals surface area (Å²) in [6, 6.07) is 5.30. The van der Waals surface area contributed by atoms with E-state index in [0.717, 1.165) is 5.52 Å².